The van der Waals surface area contributed by atoms with Gasteiger partial charge in [-0.2, -0.15) is 0 Å². The molecule has 2 rings (SSSR count). The SMILES string of the molecule is CNCCN(C(=O)[O-])c1nc2ccc(OC(F)(F)F)cc2s1. The first-order valence-electron chi connectivity index (χ1n) is 6.09. The zero-order valence-electron chi connectivity index (χ0n) is 11.3. The van der Waals surface area contributed by atoms with E-state index in [0.29, 0.717) is 16.8 Å². The number of thiazole rings is 1. The van der Waals surface area contributed by atoms with Crippen LogP contribution in [0.15, 0.2) is 18.2 Å². The third-order valence-corrected chi connectivity index (χ3v) is 3.66. The number of rotatable bonds is 5. The van der Waals surface area contributed by atoms with E-state index in [2.05, 4.69) is 15.0 Å². The molecule has 0 aliphatic rings. The van der Waals surface area contributed by atoms with E-state index in [9.17, 15) is 23.1 Å². The second-order valence-corrected chi connectivity index (χ2v) is 5.20. The van der Waals surface area contributed by atoms with Crippen LogP contribution in [0.5, 0.6) is 5.75 Å². The molecule has 1 aromatic carbocycles. The second-order valence-electron chi connectivity index (χ2n) is 4.19. The highest BCUT2D eigenvalue weighted by Crippen LogP contribution is 2.33. The van der Waals surface area contributed by atoms with E-state index >= 15 is 0 Å². The summed E-state index contributed by atoms with van der Waals surface area (Å²) < 4.78 is 40.8. The molecule has 0 radical (unpaired) electrons. The lowest BCUT2D eigenvalue weighted by atomic mass is 10.3. The first kappa shape index (κ1) is 16.3. The van der Waals surface area contributed by atoms with Gasteiger partial charge in [0.1, 0.15) is 11.8 Å². The normalized spacial score (nSPS) is 11.6. The number of nitrogens with one attached hydrogen (secondary N) is 1. The van der Waals surface area contributed by atoms with Crippen LogP contribution in [0, 0.1) is 0 Å². The number of likely N-dealkylation sites (N-methyl/N-ethyl adjacent to an activating group) is 1. The Morgan fingerprint density at radius 2 is 2.23 bits per heavy atom. The Morgan fingerprint density at radius 3 is 2.82 bits per heavy atom. The van der Waals surface area contributed by atoms with Crippen LogP contribution in [0.4, 0.5) is 23.1 Å². The van der Waals surface area contributed by atoms with Crippen molar-refractivity contribution in [2.75, 3.05) is 25.0 Å². The van der Waals surface area contributed by atoms with E-state index < -0.39 is 12.5 Å². The molecule has 1 amide bonds. The highest BCUT2D eigenvalue weighted by molar-refractivity contribution is 7.22. The van der Waals surface area contributed by atoms with Crippen molar-refractivity contribution < 1.29 is 27.8 Å². The maximum atomic E-state index is 12.2. The molecule has 0 spiro atoms. The van der Waals surface area contributed by atoms with E-state index in [1.165, 1.54) is 6.07 Å². The summed E-state index contributed by atoms with van der Waals surface area (Å²) >= 11 is 0.943. The number of benzene rings is 1. The number of aromatic nitrogens is 1. The van der Waals surface area contributed by atoms with Crippen molar-refractivity contribution in [3.05, 3.63) is 18.2 Å². The molecule has 1 aromatic heterocycles. The number of carbonyl (C=O) groups is 1. The van der Waals surface area contributed by atoms with E-state index in [1.54, 1.807) is 7.05 Å². The summed E-state index contributed by atoms with van der Waals surface area (Å²) in [4.78, 5) is 16.1. The Kier molecular flexibility index (Phi) is 4.71. The van der Waals surface area contributed by atoms with Crippen LogP contribution in [-0.2, 0) is 0 Å². The predicted molar refractivity (Wildman–Crippen MR) is 73.0 cm³/mol. The molecule has 0 aliphatic carbocycles. The van der Waals surface area contributed by atoms with Crippen LogP contribution in [-0.4, -0.2) is 37.6 Å². The molecule has 0 saturated carbocycles. The van der Waals surface area contributed by atoms with Crippen molar-refractivity contribution in [2.24, 2.45) is 0 Å². The largest absolute Gasteiger partial charge is 0.573 e. The van der Waals surface area contributed by atoms with Gasteiger partial charge in [-0.05, 0) is 19.2 Å². The maximum absolute atomic E-state index is 12.2. The Morgan fingerprint density at radius 1 is 1.50 bits per heavy atom. The van der Waals surface area contributed by atoms with Gasteiger partial charge in [-0.1, -0.05) is 11.3 Å². The molecule has 0 fully saturated rings. The van der Waals surface area contributed by atoms with Crippen LogP contribution in [0.1, 0.15) is 0 Å². The second kappa shape index (κ2) is 6.36. The van der Waals surface area contributed by atoms with Gasteiger partial charge in [0.05, 0.1) is 10.2 Å². The van der Waals surface area contributed by atoms with Crippen LogP contribution in [0.3, 0.4) is 0 Å². The summed E-state index contributed by atoms with van der Waals surface area (Å²) in [7, 11) is 1.66. The lowest BCUT2D eigenvalue weighted by Crippen LogP contribution is -2.44. The van der Waals surface area contributed by atoms with E-state index in [0.717, 1.165) is 28.4 Å². The van der Waals surface area contributed by atoms with Crippen molar-refractivity contribution in [2.45, 2.75) is 6.36 Å². The quantitative estimate of drug-likeness (QED) is 0.898. The number of halogens is 3. The first-order valence-corrected chi connectivity index (χ1v) is 6.91. The third kappa shape index (κ3) is 3.98. The number of alkyl halides is 3. The van der Waals surface area contributed by atoms with Gasteiger partial charge in [0.25, 0.3) is 0 Å². The number of hydrogen-bond donors (Lipinski definition) is 1. The average molecular weight is 334 g/mol. The van der Waals surface area contributed by atoms with Crippen molar-refractivity contribution >= 4 is 32.8 Å². The Hall–Kier alpha value is -2.07. The summed E-state index contributed by atoms with van der Waals surface area (Å²) in [6, 6.07) is 3.62. The third-order valence-electron chi connectivity index (χ3n) is 2.62. The topological polar surface area (TPSA) is 77.5 Å². The number of carbonyl (C=O) groups excluding carboxylic acids is 1. The minimum Gasteiger partial charge on any atom is -0.530 e. The number of nitrogens with zero attached hydrogens (tertiary/aromatic N) is 2. The molecule has 10 heteroatoms. The zero-order valence-corrected chi connectivity index (χ0v) is 12.1. The van der Waals surface area contributed by atoms with Crippen LogP contribution in [0.2, 0.25) is 0 Å². The maximum Gasteiger partial charge on any atom is 0.573 e. The molecule has 0 bridgehead atoms. The molecular formula is C12H11F3N3O3S-. The Labute approximate surface area is 127 Å². The van der Waals surface area contributed by atoms with Gasteiger partial charge in [-0.3, -0.25) is 0 Å². The van der Waals surface area contributed by atoms with Gasteiger partial charge < -0.3 is 24.9 Å². The summed E-state index contributed by atoms with van der Waals surface area (Å²) in [5, 5.41) is 14.0. The molecule has 0 atom stereocenters. The van der Waals surface area contributed by atoms with E-state index in [1.807, 2.05) is 0 Å². The molecule has 6 nitrogen and oxygen atoms in total. The fraction of sp³-hybridized carbons (Fsp3) is 0.333. The molecule has 0 saturated heterocycles. The lowest BCUT2D eigenvalue weighted by Gasteiger charge is -2.21. The number of hydrogen-bond acceptors (Lipinski definition) is 6. The van der Waals surface area contributed by atoms with Gasteiger partial charge in [-0.15, -0.1) is 13.2 Å². The van der Waals surface area contributed by atoms with Gasteiger partial charge >= 0.3 is 6.36 Å². The minimum atomic E-state index is -4.79. The lowest BCUT2D eigenvalue weighted by molar-refractivity contribution is -0.274. The summed E-state index contributed by atoms with van der Waals surface area (Å²) in [6.07, 6.45) is -6.22. The van der Waals surface area contributed by atoms with Gasteiger partial charge in [-0.25, -0.2) is 4.98 Å². The molecule has 0 aliphatic heterocycles. The van der Waals surface area contributed by atoms with Crippen molar-refractivity contribution in [3.63, 3.8) is 0 Å². The average Bonchev–Trinajstić information content (AvgIpc) is 2.79. The molecule has 22 heavy (non-hydrogen) atoms. The standard InChI is InChI=1S/C12H12F3N3O3S/c1-16-4-5-18(11(19)20)10-17-8-3-2-7(6-9(8)22-10)21-12(13,14)15/h2-3,6,16H,4-5H2,1H3,(H,19,20)/p-1. The summed E-state index contributed by atoms with van der Waals surface area (Å²) in [5.74, 6) is -0.384. The summed E-state index contributed by atoms with van der Waals surface area (Å²) in [6.45, 7) is 0.497. The predicted octanol–water partition coefficient (Wildman–Crippen LogP) is 1.56. The van der Waals surface area contributed by atoms with Gasteiger partial charge in [0.2, 0.25) is 0 Å². The Balaban J connectivity index is 2.30. The highest BCUT2D eigenvalue weighted by Gasteiger charge is 2.31. The molecule has 0 unspecified atom stereocenters. The van der Waals surface area contributed by atoms with Crippen molar-refractivity contribution in [1.29, 1.82) is 0 Å². The van der Waals surface area contributed by atoms with Crippen LogP contribution >= 0.6 is 11.3 Å². The fourth-order valence-corrected chi connectivity index (χ4v) is 2.70. The first-order chi connectivity index (χ1) is 10.3. The number of anilines is 1. The molecule has 1 heterocycles. The minimum absolute atomic E-state index is 0.116. The van der Waals surface area contributed by atoms with Gasteiger partial charge in [0.15, 0.2) is 5.13 Å². The zero-order chi connectivity index (χ0) is 16.3. The molecule has 120 valence electrons. The Bertz CT molecular complexity index is 674. The van der Waals surface area contributed by atoms with E-state index in [-0.39, 0.29) is 17.4 Å². The summed E-state index contributed by atoms with van der Waals surface area (Å²) in [5.41, 5.74) is 0.380. The molecule has 2 aromatic rings. The molecule has 1 N–H and O–H groups in total. The van der Waals surface area contributed by atoms with Crippen molar-refractivity contribution in [1.82, 2.24) is 10.3 Å². The molecular weight excluding hydrogens is 323 g/mol. The number of ether oxygens (including phenoxy) is 1. The number of amides is 1. The van der Waals surface area contributed by atoms with Gasteiger partial charge in [0, 0.05) is 19.2 Å². The monoisotopic (exact) mass is 334 g/mol. The smallest absolute Gasteiger partial charge is 0.530 e. The van der Waals surface area contributed by atoms with E-state index in [4.69, 9.17) is 0 Å². The highest BCUT2D eigenvalue weighted by atomic mass is 32.1. The van der Waals surface area contributed by atoms with Crippen LogP contribution in [0.25, 0.3) is 10.2 Å². The number of fused-ring (bicyclic) bond motifs is 1. The number of carboxylic acid groups (broad SMARTS) is 1. The fourth-order valence-electron chi connectivity index (χ4n) is 1.69. The van der Waals surface area contributed by atoms with Crippen molar-refractivity contribution in [3.8, 4) is 5.75 Å². The van der Waals surface area contributed by atoms with Crippen LogP contribution < -0.4 is 20.1 Å².